The lowest BCUT2D eigenvalue weighted by molar-refractivity contribution is 0.316. The van der Waals surface area contributed by atoms with Gasteiger partial charge in [-0.2, -0.15) is 5.10 Å². The van der Waals surface area contributed by atoms with Gasteiger partial charge in [-0.05, 0) is 31.7 Å². The standard InChI is InChI=1S/C14H26N4O2S/c1-12(2)15-7-4-8-18-11-14(10-16-18)21(19,20)17-9-13-5-3-6-13/h10-13,15,17H,3-9H2,1-2H3. The lowest BCUT2D eigenvalue weighted by Crippen LogP contribution is -2.32. The fourth-order valence-electron chi connectivity index (χ4n) is 2.25. The fourth-order valence-corrected chi connectivity index (χ4v) is 3.31. The zero-order chi connectivity index (χ0) is 15.3. The Hall–Kier alpha value is -0.920. The van der Waals surface area contributed by atoms with Gasteiger partial charge in [0.2, 0.25) is 10.0 Å². The maximum absolute atomic E-state index is 12.1. The lowest BCUT2D eigenvalue weighted by Gasteiger charge is -2.25. The topological polar surface area (TPSA) is 76.0 Å². The third-order valence-electron chi connectivity index (χ3n) is 3.82. The van der Waals surface area contributed by atoms with Crippen LogP contribution in [-0.2, 0) is 16.6 Å². The first kappa shape index (κ1) is 16.5. The normalized spacial score (nSPS) is 16.3. The summed E-state index contributed by atoms with van der Waals surface area (Å²) in [5, 5.41) is 7.46. The van der Waals surface area contributed by atoms with E-state index in [4.69, 9.17) is 0 Å². The number of rotatable bonds is 9. The molecule has 0 unspecified atom stereocenters. The van der Waals surface area contributed by atoms with Crippen molar-refractivity contribution < 1.29 is 8.42 Å². The van der Waals surface area contributed by atoms with E-state index in [0.717, 1.165) is 32.4 Å². The number of aryl methyl sites for hydroxylation is 1. The van der Waals surface area contributed by atoms with Crippen molar-refractivity contribution in [3.8, 4) is 0 Å². The summed E-state index contributed by atoms with van der Waals surface area (Å²) >= 11 is 0. The number of aromatic nitrogens is 2. The number of hydrogen-bond donors (Lipinski definition) is 2. The Morgan fingerprint density at radius 3 is 2.81 bits per heavy atom. The smallest absolute Gasteiger partial charge is 0.243 e. The summed E-state index contributed by atoms with van der Waals surface area (Å²) in [5.41, 5.74) is 0. The van der Waals surface area contributed by atoms with Gasteiger partial charge in [0.15, 0.2) is 0 Å². The summed E-state index contributed by atoms with van der Waals surface area (Å²) in [5.74, 6) is 0.511. The highest BCUT2D eigenvalue weighted by Gasteiger charge is 2.22. The first-order chi connectivity index (χ1) is 9.97. The van der Waals surface area contributed by atoms with Crippen LogP contribution in [0.3, 0.4) is 0 Å². The highest BCUT2D eigenvalue weighted by molar-refractivity contribution is 7.89. The molecule has 0 spiro atoms. The number of nitrogens with one attached hydrogen (secondary N) is 2. The van der Waals surface area contributed by atoms with Gasteiger partial charge in [-0.3, -0.25) is 4.68 Å². The van der Waals surface area contributed by atoms with Crippen LogP contribution in [0.1, 0.15) is 39.5 Å². The van der Waals surface area contributed by atoms with Crippen LogP contribution in [-0.4, -0.2) is 37.3 Å². The molecule has 0 aromatic carbocycles. The molecule has 2 rings (SSSR count). The van der Waals surface area contributed by atoms with Crippen LogP contribution in [0.25, 0.3) is 0 Å². The van der Waals surface area contributed by atoms with E-state index in [1.165, 1.54) is 12.6 Å². The first-order valence-electron chi connectivity index (χ1n) is 7.73. The predicted molar refractivity (Wildman–Crippen MR) is 82.5 cm³/mol. The Morgan fingerprint density at radius 1 is 1.43 bits per heavy atom. The summed E-state index contributed by atoms with van der Waals surface area (Å²) in [6, 6.07) is 0.467. The summed E-state index contributed by atoms with van der Waals surface area (Å²) in [6.07, 6.45) is 7.44. The van der Waals surface area contributed by atoms with Gasteiger partial charge in [0, 0.05) is 25.3 Å². The third kappa shape index (κ3) is 5.09. The molecule has 0 bridgehead atoms. The number of hydrogen-bond acceptors (Lipinski definition) is 4. The predicted octanol–water partition coefficient (Wildman–Crippen LogP) is 1.35. The quantitative estimate of drug-likeness (QED) is 0.675. The highest BCUT2D eigenvalue weighted by Crippen LogP contribution is 2.25. The SMILES string of the molecule is CC(C)NCCCn1cc(S(=O)(=O)NCC2CCC2)cn1. The molecule has 1 aromatic rings. The van der Waals surface area contributed by atoms with Crippen LogP contribution in [0.4, 0.5) is 0 Å². The summed E-state index contributed by atoms with van der Waals surface area (Å²) < 4.78 is 28.6. The Kier molecular flexibility index (Phi) is 5.78. The molecule has 2 N–H and O–H groups in total. The Bertz CT molecular complexity index is 535. The molecular formula is C14H26N4O2S. The third-order valence-corrected chi connectivity index (χ3v) is 5.20. The van der Waals surface area contributed by atoms with Crippen molar-refractivity contribution in [3.63, 3.8) is 0 Å². The van der Waals surface area contributed by atoms with E-state index in [0.29, 0.717) is 18.5 Å². The molecule has 1 fully saturated rings. The molecule has 0 radical (unpaired) electrons. The molecule has 0 atom stereocenters. The van der Waals surface area contributed by atoms with Gasteiger partial charge in [0.05, 0.1) is 6.20 Å². The average Bonchev–Trinajstić information content (AvgIpc) is 2.82. The van der Waals surface area contributed by atoms with E-state index in [1.54, 1.807) is 10.9 Å². The Labute approximate surface area is 127 Å². The second-order valence-electron chi connectivity index (χ2n) is 6.05. The van der Waals surface area contributed by atoms with Crippen molar-refractivity contribution in [2.45, 2.75) is 57.0 Å². The highest BCUT2D eigenvalue weighted by atomic mass is 32.2. The fraction of sp³-hybridized carbons (Fsp3) is 0.786. The molecule has 1 aromatic heterocycles. The molecule has 1 heterocycles. The average molecular weight is 314 g/mol. The van der Waals surface area contributed by atoms with Gasteiger partial charge in [0.1, 0.15) is 4.90 Å². The van der Waals surface area contributed by atoms with Gasteiger partial charge in [-0.1, -0.05) is 20.3 Å². The second-order valence-corrected chi connectivity index (χ2v) is 7.82. The van der Waals surface area contributed by atoms with E-state index in [9.17, 15) is 8.42 Å². The monoisotopic (exact) mass is 314 g/mol. The minimum Gasteiger partial charge on any atom is -0.314 e. The van der Waals surface area contributed by atoms with Gasteiger partial charge in [-0.25, -0.2) is 13.1 Å². The molecule has 1 aliphatic rings. The number of nitrogens with zero attached hydrogens (tertiary/aromatic N) is 2. The van der Waals surface area contributed by atoms with Crippen LogP contribution in [0.2, 0.25) is 0 Å². The van der Waals surface area contributed by atoms with Crippen LogP contribution in [0, 0.1) is 5.92 Å². The zero-order valence-corrected chi connectivity index (χ0v) is 13.7. The van der Waals surface area contributed by atoms with Gasteiger partial charge >= 0.3 is 0 Å². The first-order valence-corrected chi connectivity index (χ1v) is 9.21. The minimum atomic E-state index is -3.40. The van der Waals surface area contributed by atoms with Crippen LogP contribution >= 0.6 is 0 Å². The molecule has 0 saturated heterocycles. The molecule has 0 aliphatic heterocycles. The van der Waals surface area contributed by atoms with Crippen LogP contribution < -0.4 is 10.0 Å². The zero-order valence-electron chi connectivity index (χ0n) is 12.9. The molecule has 7 heteroatoms. The van der Waals surface area contributed by atoms with Crippen LogP contribution in [0.15, 0.2) is 17.3 Å². The van der Waals surface area contributed by atoms with Crippen molar-refractivity contribution in [1.82, 2.24) is 19.8 Å². The maximum Gasteiger partial charge on any atom is 0.243 e. The molecule has 21 heavy (non-hydrogen) atoms. The number of sulfonamides is 1. The maximum atomic E-state index is 12.1. The summed E-state index contributed by atoms with van der Waals surface area (Å²) in [4.78, 5) is 0.263. The van der Waals surface area contributed by atoms with Crippen molar-refractivity contribution in [1.29, 1.82) is 0 Å². The van der Waals surface area contributed by atoms with Crippen molar-refractivity contribution in [2.24, 2.45) is 5.92 Å². The Balaban J connectivity index is 1.80. The van der Waals surface area contributed by atoms with Crippen molar-refractivity contribution in [3.05, 3.63) is 12.4 Å². The molecule has 120 valence electrons. The molecule has 1 saturated carbocycles. The van der Waals surface area contributed by atoms with E-state index in [2.05, 4.69) is 29.0 Å². The lowest BCUT2D eigenvalue weighted by atomic mass is 9.86. The molecule has 1 aliphatic carbocycles. The minimum absolute atomic E-state index is 0.263. The van der Waals surface area contributed by atoms with E-state index in [-0.39, 0.29) is 4.90 Å². The van der Waals surface area contributed by atoms with Crippen LogP contribution in [0.5, 0.6) is 0 Å². The van der Waals surface area contributed by atoms with Gasteiger partial charge in [0.25, 0.3) is 0 Å². The largest absolute Gasteiger partial charge is 0.314 e. The summed E-state index contributed by atoms with van der Waals surface area (Å²) in [7, 11) is -3.40. The van der Waals surface area contributed by atoms with Crippen molar-refractivity contribution >= 4 is 10.0 Å². The summed E-state index contributed by atoms with van der Waals surface area (Å²) in [6.45, 7) is 6.38. The molecule has 0 amide bonds. The van der Waals surface area contributed by atoms with E-state index >= 15 is 0 Å². The molecule has 6 nitrogen and oxygen atoms in total. The molecular weight excluding hydrogens is 288 g/mol. The van der Waals surface area contributed by atoms with Crippen molar-refractivity contribution in [2.75, 3.05) is 13.1 Å². The van der Waals surface area contributed by atoms with Gasteiger partial charge in [-0.15, -0.1) is 0 Å². The van der Waals surface area contributed by atoms with E-state index < -0.39 is 10.0 Å². The second kappa shape index (κ2) is 7.38. The Morgan fingerprint density at radius 2 is 2.19 bits per heavy atom. The van der Waals surface area contributed by atoms with E-state index in [1.807, 2.05) is 0 Å². The van der Waals surface area contributed by atoms with Gasteiger partial charge < -0.3 is 5.32 Å².